The number of rotatable bonds is 1. The predicted molar refractivity (Wildman–Crippen MR) is 47.3 cm³/mol. The summed E-state index contributed by atoms with van der Waals surface area (Å²) in [7, 11) is 0. The minimum atomic E-state index is 0.457. The van der Waals surface area contributed by atoms with E-state index in [2.05, 4.69) is 17.2 Å². The molecule has 0 heterocycles. The zero-order chi connectivity index (χ0) is 8.27. The highest BCUT2D eigenvalue weighted by Gasteiger charge is 2.32. The standard InChI is InChI=1S/C7H11N3S/c1-5-3-6(5)10-7(11-2)9-4-8/h5-6H,3H2,1-2H3,(H,9,10). The zero-order valence-electron chi connectivity index (χ0n) is 6.66. The minimum Gasteiger partial charge on any atom is -0.272 e. The summed E-state index contributed by atoms with van der Waals surface area (Å²) in [4.78, 5) is 4.32. The van der Waals surface area contributed by atoms with Crippen molar-refractivity contribution < 1.29 is 0 Å². The number of nitriles is 1. The van der Waals surface area contributed by atoms with Crippen molar-refractivity contribution >= 4 is 16.9 Å². The first kappa shape index (κ1) is 8.41. The lowest BCUT2D eigenvalue weighted by atomic mass is 10.5. The maximum Gasteiger partial charge on any atom is 0.183 e. The largest absolute Gasteiger partial charge is 0.272 e. The van der Waals surface area contributed by atoms with Crippen molar-refractivity contribution in [2.45, 2.75) is 19.4 Å². The Balaban J connectivity index is 2.41. The Morgan fingerprint density at radius 3 is 2.82 bits per heavy atom. The molecule has 0 aliphatic heterocycles. The van der Waals surface area contributed by atoms with E-state index in [1.807, 2.05) is 12.4 Å². The van der Waals surface area contributed by atoms with Crippen LogP contribution in [0.5, 0.6) is 0 Å². The number of hydrogen-bond acceptors (Lipinski definition) is 3. The highest BCUT2D eigenvalue weighted by molar-refractivity contribution is 8.13. The molecule has 0 spiro atoms. The number of aliphatic imine (C=N–C) groups is 1. The van der Waals surface area contributed by atoms with Gasteiger partial charge in [0.05, 0.1) is 6.04 Å². The summed E-state index contributed by atoms with van der Waals surface area (Å²) in [5.74, 6) is 0.706. The average Bonchev–Trinajstić information content (AvgIpc) is 2.66. The van der Waals surface area contributed by atoms with Crippen molar-refractivity contribution in [3.63, 3.8) is 0 Å². The number of nitrogens with one attached hydrogen (secondary N) is 1. The third kappa shape index (κ3) is 2.43. The van der Waals surface area contributed by atoms with Crippen molar-refractivity contribution in [1.82, 2.24) is 5.32 Å². The Morgan fingerprint density at radius 2 is 2.45 bits per heavy atom. The van der Waals surface area contributed by atoms with Crippen molar-refractivity contribution in [2.24, 2.45) is 10.9 Å². The summed E-state index contributed by atoms with van der Waals surface area (Å²) in [6.45, 7) is 2.17. The van der Waals surface area contributed by atoms with Crippen LogP contribution in [0.1, 0.15) is 13.3 Å². The molecule has 4 heteroatoms. The average molecular weight is 169 g/mol. The summed E-state index contributed by atoms with van der Waals surface area (Å²) in [5, 5.41) is 11.6. The predicted octanol–water partition coefficient (Wildman–Crippen LogP) is 1.18. The third-order valence-electron chi connectivity index (χ3n) is 1.71. The second kappa shape index (κ2) is 3.63. The Hall–Kier alpha value is -0.690. The van der Waals surface area contributed by atoms with Crippen LogP contribution in [0.4, 0.5) is 0 Å². The molecule has 1 saturated carbocycles. The summed E-state index contributed by atoms with van der Waals surface area (Å²) in [5.41, 5.74) is 0. The highest BCUT2D eigenvalue weighted by atomic mass is 32.2. The normalized spacial score (nSPS) is 29.4. The molecule has 2 unspecified atom stereocenters. The van der Waals surface area contributed by atoms with Crippen LogP contribution in [0.15, 0.2) is 4.99 Å². The first-order valence-corrected chi connectivity index (χ1v) is 4.77. The molecule has 2 atom stereocenters. The lowest BCUT2D eigenvalue weighted by Crippen LogP contribution is -2.13. The van der Waals surface area contributed by atoms with Crippen molar-refractivity contribution in [3.8, 4) is 6.19 Å². The van der Waals surface area contributed by atoms with Crippen LogP contribution in [0.2, 0.25) is 0 Å². The first-order chi connectivity index (χ1) is 5.27. The Kier molecular flexibility index (Phi) is 2.77. The van der Waals surface area contributed by atoms with Gasteiger partial charge >= 0.3 is 0 Å². The SMILES string of the molecule is CSC(=NC1CC1C)NC#N. The number of hydrogen-bond donors (Lipinski definition) is 1. The van der Waals surface area contributed by atoms with Crippen molar-refractivity contribution in [2.75, 3.05) is 6.26 Å². The number of thioether (sulfide) groups is 1. The van der Waals surface area contributed by atoms with Gasteiger partial charge in [-0.3, -0.25) is 10.3 Å². The van der Waals surface area contributed by atoms with Crippen molar-refractivity contribution in [1.29, 1.82) is 5.26 Å². The number of nitrogens with zero attached hydrogens (tertiary/aromatic N) is 2. The molecule has 1 N–H and O–H groups in total. The molecule has 0 bridgehead atoms. The van der Waals surface area contributed by atoms with E-state index < -0.39 is 0 Å². The molecular weight excluding hydrogens is 158 g/mol. The molecule has 0 aromatic heterocycles. The van der Waals surface area contributed by atoms with Crippen LogP contribution in [0.3, 0.4) is 0 Å². The third-order valence-corrected chi connectivity index (χ3v) is 2.30. The smallest absolute Gasteiger partial charge is 0.183 e. The van der Waals surface area contributed by atoms with E-state index in [0.717, 1.165) is 11.6 Å². The molecule has 1 rings (SSSR count). The summed E-state index contributed by atoms with van der Waals surface area (Å²) in [6.07, 6.45) is 4.94. The zero-order valence-corrected chi connectivity index (χ0v) is 7.48. The lowest BCUT2D eigenvalue weighted by molar-refractivity contribution is 0.893. The Bertz CT molecular complexity index is 206. The van der Waals surface area contributed by atoms with E-state index in [0.29, 0.717) is 12.0 Å². The molecule has 1 fully saturated rings. The van der Waals surface area contributed by atoms with E-state index in [-0.39, 0.29) is 0 Å². The van der Waals surface area contributed by atoms with E-state index in [4.69, 9.17) is 5.26 Å². The molecule has 1 aliphatic rings. The number of amidine groups is 1. The fraction of sp³-hybridized carbons (Fsp3) is 0.714. The molecule has 1 aliphatic carbocycles. The van der Waals surface area contributed by atoms with Gasteiger partial charge in [0, 0.05) is 0 Å². The fourth-order valence-electron chi connectivity index (χ4n) is 0.817. The van der Waals surface area contributed by atoms with Crippen LogP contribution in [-0.2, 0) is 0 Å². The van der Waals surface area contributed by atoms with Gasteiger partial charge in [-0.2, -0.15) is 5.26 Å². The molecule has 0 amide bonds. The Morgan fingerprint density at radius 1 is 1.82 bits per heavy atom. The van der Waals surface area contributed by atoms with Crippen LogP contribution in [0.25, 0.3) is 0 Å². The molecule has 0 saturated heterocycles. The van der Waals surface area contributed by atoms with Crippen molar-refractivity contribution in [3.05, 3.63) is 0 Å². The Labute approximate surface area is 70.9 Å². The van der Waals surface area contributed by atoms with Crippen LogP contribution in [0, 0.1) is 17.4 Å². The maximum atomic E-state index is 8.31. The van der Waals surface area contributed by atoms with E-state index >= 15 is 0 Å². The van der Waals surface area contributed by atoms with Gasteiger partial charge in [0.15, 0.2) is 11.4 Å². The summed E-state index contributed by atoms with van der Waals surface area (Å²) < 4.78 is 0. The minimum absolute atomic E-state index is 0.457. The maximum absolute atomic E-state index is 8.31. The second-order valence-corrected chi connectivity index (χ2v) is 3.45. The van der Waals surface area contributed by atoms with Gasteiger partial charge in [-0.25, -0.2) is 0 Å². The van der Waals surface area contributed by atoms with E-state index in [1.165, 1.54) is 11.8 Å². The monoisotopic (exact) mass is 169 g/mol. The highest BCUT2D eigenvalue weighted by Crippen LogP contribution is 2.33. The van der Waals surface area contributed by atoms with Gasteiger partial charge in [0.1, 0.15) is 0 Å². The molecule has 0 aromatic carbocycles. The molecule has 11 heavy (non-hydrogen) atoms. The molecule has 60 valence electrons. The summed E-state index contributed by atoms with van der Waals surface area (Å²) >= 11 is 1.48. The fourth-order valence-corrected chi connectivity index (χ4v) is 1.21. The van der Waals surface area contributed by atoms with Gasteiger partial charge in [-0.15, -0.1) is 0 Å². The van der Waals surface area contributed by atoms with Crippen LogP contribution < -0.4 is 5.32 Å². The van der Waals surface area contributed by atoms with Gasteiger partial charge in [-0.05, 0) is 18.6 Å². The second-order valence-electron chi connectivity index (χ2n) is 2.66. The topological polar surface area (TPSA) is 48.2 Å². The van der Waals surface area contributed by atoms with Crippen LogP contribution >= 0.6 is 11.8 Å². The van der Waals surface area contributed by atoms with E-state index in [9.17, 15) is 0 Å². The van der Waals surface area contributed by atoms with Gasteiger partial charge in [0.2, 0.25) is 0 Å². The van der Waals surface area contributed by atoms with Gasteiger partial charge in [0.25, 0.3) is 0 Å². The van der Waals surface area contributed by atoms with Gasteiger partial charge in [-0.1, -0.05) is 18.7 Å². The molecule has 0 radical (unpaired) electrons. The lowest BCUT2D eigenvalue weighted by Gasteiger charge is -1.96. The van der Waals surface area contributed by atoms with E-state index in [1.54, 1.807) is 0 Å². The van der Waals surface area contributed by atoms with Crippen LogP contribution in [-0.4, -0.2) is 17.5 Å². The van der Waals surface area contributed by atoms with Gasteiger partial charge < -0.3 is 0 Å². The molecular formula is C7H11N3S. The molecule has 3 nitrogen and oxygen atoms in total. The first-order valence-electron chi connectivity index (χ1n) is 3.54. The summed E-state index contributed by atoms with van der Waals surface area (Å²) in [6, 6.07) is 0.457. The molecule has 0 aromatic rings. The quantitative estimate of drug-likeness (QED) is 0.277.